The SMILES string of the molecule is CC[C@@H](C)[C@H](N)CSc1ccccc1. The van der Waals surface area contributed by atoms with Gasteiger partial charge in [0.15, 0.2) is 0 Å². The van der Waals surface area contributed by atoms with Crippen LogP contribution in [0.3, 0.4) is 0 Å². The molecule has 1 aromatic rings. The van der Waals surface area contributed by atoms with E-state index in [0.29, 0.717) is 12.0 Å². The molecule has 2 heteroatoms. The summed E-state index contributed by atoms with van der Waals surface area (Å²) in [5, 5.41) is 0. The second-order valence-corrected chi connectivity index (χ2v) is 4.77. The average Bonchev–Trinajstić information content (AvgIpc) is 2.26. The summed E-state index contributed by atoms with van der Waals surface area (Å²) in [5.74, 6) is 1.63. The Morgan fingerprint density at radius 3 is 2.50 bits per heavy atom. The molecule has 0 aromatic heterocycles. The zero-order valence-electron chi connectivity index (χ0n) is 8.94. The molecule has 1 aromatic carbocycles. The van der Waals surface area contributed by atoms with E-state index >= 15 is 0 Å². The van der Waals surface area contributed by atoms with Crippen LogP contribution in [-0.2, 0) is 0 Å². The Kier molecular flexibility index (Phi) is 5.05. The van der Waals surface area contributed by atoms with Gasteiger partial charge in [-0.15, -0.1) is 11.8 Å². The van der Waals surface area contributed by atoms with E-state index in [2.05, 4.69) is 38.1 Å². The maximum Gasteiger partial charge on any atom is 0.0159 e. The average molecular weight is 209 g/mol. The van der Waals surface area contributed by atoms with Crippen molar-refractivity contribution in [2.75, 3.05) is 5.75 Å². The van der Waals surface area contributed by atoms with E-state index in [1.54, 1.807) is 0 Å². The van der Waals surface area contributed by atoms with Crippen molar-refractivity contribution in [3.8, 4) is 0 Å². The lowest BCUT2D eigenvalue weighted by Gasteiger charge is -2.17. The van der Waals surface area contributed by atoms with Gasteiger partial charge in [-0.3, -0.25) is 0 Å². The molecule has 0 spiro atoms. The van der Waals surface area contributed by atoms with Crippen LogP contribution in [0, 0.1) is 5.92 Å². The third-order valence-corrected chi connectivity index (χ3v) is 3.72. The number of hydrogen-bond donors (Lipinski definition) is 1. The molecule has 14 heavy (non-hydrogen) atoms. The summed E-state index contributed by atoms with van der Waals surface area (Å²) < 4.78 is 0. The number of benzene rings is 1. The highest BCUT2D eigenvalue weighted by atomic mass is 32.2. The van der Waals surface area contributed by atoms with Crippen molar-refractivity contribution >= 4 is 11.8 Å². The standard InChI is InChI=1S/C12H19NS/c1-3-10(2)12(13)9-14-11-7-5-4-6-8-11/h4-8,10,12H,3,9,13H2,1-2H3/t10-,12-/m1/s1. The van der Waals surface area contributed by atoms with E-state index in [0.717, 1.165) is 12.2 Å². The fourth-order valence-corrected chi connectivity index (χ4v) is 2.24. The van der Waals surface area contributed by atoms with Crippen LogP contribution in [0.25, 0.3) is 0 Å². The zero-order chi connectivity index (χ0) is 10.4. The van der Waals surface area contributed by atoms with Crippen LogP contribution in [0.2, 0.25) is 0 Å². The number of thioether (sulfide) groups is 1. The first-order valence-corrected chi connectivity index (χ1v) is 6.16. The highest BCUT2D eigenvalue weighted by molar-refractivity contribution is 7.99. The molecule has 0 saturated carbocycles. The van der Waals surface area contributed by atoms with Crippen LogP contribution in [0.15, 0.2) is 35.2 Å². The first kappa shape index (κ1) is 11.6. The van der Waals surface area contributed by atoms with Gasteiger partial charge in [-0.1, -0.05) is 38.5 Å². The van der Waals surface area contributed by atoms with Gasteiger partial charge in [-0.25, -0.2) is 0 Å². The zero-order valence-corrected chi connectivity index (χ0v) is 9.76. The minimum Gasteiger partial charge on any atom is -0.327 e. The highest BCUT2D eigenvalue weighted by Gasteiger charge is 2.10. The molecule has 78 valence electrons. The Bertz CT molecular complexity index is 248. The van der Waals surface area contributed by atoms with Crippen molar-refractivity contribution in [2.45, 2.75) is 31.2 Å². The monoisotopic (exact) mass is 209 g/mol. The molecule has 0 aliphatic heterocycles. The molecule has 2 atom stereocenters. The number of rotatable bonds is 5. The van der Waals surface area contributed by atoms with Crippen LogP contribution >= 0.6 is 11.8 Å². The van der Waals surface area contributed by atoms with Gasteiger partial charge in [-0.05, 0) is 18.1 Å². The molecule has 0 heterocycles. The van der Waals surface area contributed by atoms with Gasteiger partial charge in [0.2, 0.25) is 0 Å². The number of nitrogens with two attached hydrogens (primary N) is 1. The van der Waals surface area contributed by atoms with E-state index in [4.69, 9.17) is 5.73 Å². The topological polar surface area (TPSA) is 26.0 Å². The molecule has 0 aliphatic rings. The fourth-order valence-electron chi connectivity index (χ4n) is 1.18. The van der Waals surface area contributed by atoms with E-state index < -0.39 is 0 Å². The first-order valence-electron chi connectivity index (χ1n) is 5.17. The summed E-state index contributed by atoms with van der Waals surface area (Å²) in [7, 11) is 0. The summed E-state index contributed by atoms with van der Waals surface area (Å²) >= 11 is 1.85. The Morgan fingerprint density at radius 2 is 1.93 bits per heavy atom. The van der Waals surface area contributed by atoms with Crippen LogP contribution in [0.4, 0.5) is 0 Å². The van der Waals surface area contributed by atoms with Crippen LogP contribution in [-0.4, -0.2) is 11.8 Å². The van der Waals surface area contributed by atoms with Crippen molar-refractivity contribution < 1.29 is 0 Å². The predicted octanol–water partition coefficient (Wildman–Crippen LogP) is 3.15. The molecule has 0 fully saturated rings. The van der Waals surface area contributed by atoms with Gasteiger partial charge >= 0.3 is 0 Å². The number of hydrogen-bond acceptors (Lipinski definition) is 2. The Balaban J connectivity index is 2.34. The lowest BCUT2D eigenvalue weighted by atomic mass is 10.0. The summed E-state index contributed by atoms with van der Waals surface area (Å²) in [6.45, 7) is 4.41. The third-order valence-electron chi connectivity index (χ3n) is 2.56. The third kappa shape index (κ3) is 3.72. The van der Waals surface area contributed by atoms with Crippen molar-refractivity contribution in [3.63, 3.8) is 0 Å². The minimum atomic E-state index is 0.310. The second-order valence-electron chi connectivity index (χ2n) is 3.67. The summed E-state index contributed by atoms with van der Waals surface area (Å²) in [6.07, 6.45) is 1.16. The Morgan fingerprint density at radius 1 is 1.29 bits per heavy atom. The summed E-state index contributed by atoms with van der Waals surface area (Å²) in [6, 6.07) is 10.7. The van der Waals surface area contributed by atoms with Crippen molar-refractivity contribution in [3.05, 3.63) is 30.3 Å². The Labute approximate surface area is 91.1 Å². The van der Waals surface area contributed by atoms with Crippen molar-refractivity contribution in [1.82, 2.24) is 0 Å². The molecule has 2 N–H and O–H groups in total. The van der Waals surface area contributed by atoms with Crippen LogP contribution < -0.4 is 5.73 Å². The molecular weight excluding hydrogens is 190 g/mol. The highest BCUT2D eigenvalue weighted by Crippen LogP contribution is 2.20. The summed E-state index contributed by atoms with van der Waals surface area (Å²) in [4.78, 5) is 1.31. The molecule has 0 radical (unpaired) electrons. The lowest BCUT2D eigenvalue weighted by molar-refractivity contribution is 0.475. The van der Waals surface area contributed by atoms with Gasteiger partial charge in [0, 0.05) is 16.7 Å². The van der Waals surface area contributed by atoms with Crippen LogP contribution in [0.1, 0.15) is 20.3 Å². The summed E-state index contributed by atoms with van der Waals surface area (Å²) in [5.41, 5.74) is 6.05. The van der Waals surface area contributed by atoms with Crippen molar-refractivity contribution in [1.29, 1.82) is 0 Å². The smallest absolute Gasteiger partial charge is 0.0159 e. The molecule has 0 amide bonds. The quantitative estimate of drug-likeness (QED) is 0.754. The molecule has 0 unspecified atom stereocenters. The largest absolute Gasteiger partial charge is 0.327 e. The van der Waals surface area contributed by atoms with E-state index in [1.807, 2.05) is 17.8 Å². The van der Waals surface area contributed by atoms with Crippen LogP contribution in [0.5, 0.6) is 0 Å². The van der Waals surface area contributed by atoms with Gasteiger partial charge < -0.3 is 5.73 Å². The Hall–Kier alpha value is -0.470. The van der Waals surface area contributed by atoms with Gasteiger partial charge in [0.25, 0.3) is 0 Å². The van der Waals surface area contributed by atoms with E-state index in [-0.39, 0.29) is 0 Å². The maximum atomic E-state index is 6.05. The normalized spacial score (nSPS) is 15.1. The molecular formula is C12H19NS. The molecule has 1 nitrogen and oxygen atoms in total. The van der Waals surface area contributed by atoms with Gasteiger partial charge in [0.05, 0.1) is 0 Å². The fraction of sp³-hybridized carbons (Fsp3) is 0.500. The lowest BCUT2D eigenvalue weighted by Crippen LogP contribution is -2.30. The predicted molar refractivity (Wildman–Crippen MR) is 64.6 cm³/mol. The molecule has 0 bridgehead atoms. The van der Waals surface area contributed by atoms with Gasteiger partial charge in [0.1, 0.15) is 0 Å². The van der Waals surface area contributed by atoms with E-state index in [9.17, 15) is 0 Å². The molecule has 0 saturated heterocycles. The minimum absolute atomic E-state index is 0.310. The molecule has 1 rings (SSSR count). The first-order chi connectivity index (χ1) is 6.74. The molecule has 0 aliphatic carbocycles. The second kappa shape index (κ2) is 6.10. The maximum absolute atomic E-state index is 6.05. The van der Waals surface area contributed by atoms with E-state index in [1.165, 1.54) is 4.90 Å². The van der Waals surface area contributed by atoms with Crippen molar-refractivity contribution in [2.24, 2.45) is 11.7 Å². The van der Waals surface area contributed by atoms with Gasteiger partial charge in [-0.2, -0.15) is 0 Å².